The molecule has 4 aliphatic rings. The lowest BCUT2D eigenvalue weighted by atomic mass is 9.46. The molecule has 6 atom stereocenters. The number of hydrogen-bond acceptors (Lipinski definition) is 4. The predicted octanol–water partition coefficient (Wildman–Crippen LogP) is 5.07. The number of ketones is 1. The second-order valence-corrected chi connectivity index (χ2v) is 9.96. The molecule has 27 heavy (non-hydrogen) atoms. The zero-order valence-electron chi connectivity index (χ0n) is 17.2. The van der Waals surface area contributed by atoms with Crippen LogP contribution in [0.3, 0.4) is 0 Å². The Bertz CT molecular complexity index is 723. The zero-order valence-corrected chi connectivity index (χ0v) is 17.2. The van der Waals surface area contributed by atoms with Gasteiger partial charge in [0.2, 0.25) is 0 Å². The van der Waals surface area contributed by atoms with Crippen molar-refractivity contribution < 1.29 is 14.4 Å². The van der Waals surface area contributed by atoms with Gasteiger partial charge in [0, 0.05) is 19.3 Å². The summed E-state index contributed by atoms with van der Waals surface area (Å²) in [5, 5.41) is 4.15. The van der Waals surface area contributed by atoms with Crippen LogP contribution in [0.15, 0.2) is 16.8 Å². The minimum Gasteiger partial charge on any atom is -0.319 e. The van der Waals surface area contributed by atoms with Crippen molar-refractivity contribution >= 4 is 17.5 Å². The van der Waals surface area contributed by atoms with Crippen LogP contribution in [-0.4, -0.2) is 17.5 Å². The number of rotatable bonds is 2. The summed E-state index contributed by atoms with van der Waals surface area (Å²) in [6, 6.07) is 0. The summed E-state index contributed by atoms with van der Waals surface area (Å²) in [6.45, 7) is 8.33. The predicted molar refractivity (Wildman–Crippen MR) is 105 cm³/mol. The number of allylic oxidation sites excluding steroid dienone is 1. The van der Waals surface area contributed by atoms with Gasteiger partial charge in [-0.25, -0.2) is 4.79 Å². The van der Waals surface area contributed by atoms with Crippen LogP contribution in [0.5, 0.6) is 0 Å². The maximum atomic E-state index is 12.0. The molecule has 0 aromatic carbocycles. The Labute approximate surface area is 162 Å². The molecule has 0 N–H and O–H groups in total. The minimum atomic E-state index is -0.343. The lowest BCUT2D eigenvalue weighted by Crippen LogP contribution is -2.51. The van der Waals surface area contributed by atoms with Crippen LogP contribution in [-0.2, 0) is 14.4 Å². The number of oxime groups is 1. The average molecular weight is 372 g/mol. The summed E-state index contributed by atoms with van der Waals surface area (Å²) in [5.41, 5.74) is 2.92. The van der Waals surface area contributed by atoms with Crippen molar-refractivity contribution in [3.63, 3.8) is 0 Å². The first kappa shape index (κ1) is 18.9. The van der Waals surface area contributed by atoms with E-state index in [9.17, 15) is 9.59 Å². The third-order valence-electron chi connectivity index (χ3n) is 8.78. The number of hydrogen-bond donors (Lipinski definition) is 0. The lowest BCUT2D eigenvalue weighted by molar-refractivity contribution is -0.141. The third-order valence-corrected chi connectivity index (χ3v) is 8.78. The molecule has 0 aliphatic heterocycles. The van der Waals surface area contributed by atoms with Crippen LogP contribution in [0, 0.1) is 34.5 Å². The lowest BCUT2D eigenvalue weighted by Gasteiger charge is -2.58. The van der Waals surface area contributed by atoms with Crippen LogP contribution >= 0.6 is 0 Å². The summed E-state index contributed by atoms with van der Waals surface area (Å²) in [6.07, 6.45) is 10.9. The largest absolute Gasteiger partial charge is 0.331 e. The number of nitrogens with zero attached hydrogens (tertiary/aromatic N) is 1. The molecule has 4 nitrogen and oxygen atoms in total. The van der Waals surface area contributed by atoms with Crippen molar-refractivity contribution in [1.82, 2.24) is 0 Å². The fraction of sp³-hybridized carbons (Fsp3) is 0.783. The van der Waals surface area contributed by atoms with Gasteiger partial charge < -0.3 is 4.84 Å². The van der Waals surface area contributed by atoms with Crippen LogP contribution in [0.25, 0.3) is 0 Å². The topological polar surface area (TPSA) is 55.7 Å². The maximum absolute atomic E-state index is 12.0. The minimum absolute atomic E-state index is 0.233. The van der Waals surface area contributed by atoms with Crippen LogP contribution in [0.4, 0.5) is 0 Å². The maximum Gasteiger partial charge on any atom is 0.331 e. The van der Waals surface area contributed by atoms with Crippen molar-refractivity contribution in [3.8, 4) is 0 Å². The van der Waals surface area contributed by atoms with E-state index in [-0.39, 0.29) is 16.8 Å². The molecule has 3 saturated carbocycles. The molecule has 0 bridgehead atoms. The van der Waals surface area contributed by atoms with E-state index in [2.05, 4.69) is 19.0 Å². The average Bonchev–Trinajstić information content (AvgIpc) is 2.97. The molecule has 0 aromatic rings. The molecular weight excluding hydrogens is 338 g/mol. The van der Waals surface area contributed by atoms with E-state index in [1.165, 1.54) is 38.2 Å². The Morgan fingerprint density at radius 3 is 2.59 bits per heavy atom. The number of fused-ring (bicyclic) bond motifs is 5. The SMILES string of the molecule is CC(=O)O/N=C(\C)C1CCC2C3CCC4=CC(=O)CCC4(C)C3CCC12C. The molecule has 0 spiro atoms. The second-order valence-electron chi connectivity index (χ2n) is 9.96. The van der Waals surface area contributed by atoms with E-state index < -0.39 is 0 Å². The molecule has 0 aromatic heterocycles. The first-order valence-electron chi connectivity index (χ1n) is 10.7. The van der Waals surface area contributed by atoms with Gasteiger partial charge >= 0.3 is 5.97 Å². The van der Waals surface area contributed by atoms with Gasteiger partial charge in [0.15, 0.2) is 5.78 Å². The van der Waals surface area contributed by atoms with Gasteiger partial charge in [0.25, 0.3) is 0 Å². The zero-order chi connectivity index (χ0) is 19.4. The molecule has 0 saturated heterocycles. The Balaban J connectivity index is 1.59. The van der Waals surface area contributed by atoms with E-state index in [1.54, 1.807) is 0 Å². The summed E-state index contributed by atoms with van der Waals surface area (Å²) in [5.74, 6) is 2.60. The first-order valence-corrected chi connectivity index (χ1v) is 10.7. The molecule has 148 valence electrons. The van der Waals surface area contributed by atoms with Gasteiger partial charge in [-0.2, -0.15) is 0 Å². The van der Waals surface area contributed by atoms with Crippen LogP contribution in [0.2, 0.25) is 0 Å². The monoisotopic (exact) mass is 371 g/mol. The Hall–Kier alpha value is -1.45. The highest BCUT2D eigenvalue weighted by Crippen LogP contribution is 2.66. The van der Waals surface area contributed by atoms with Gasteiger partial charge in [-0.3, -0.25) is 4.79 Å². The van der Waals surface area contributed by atoms with E-state index in [1.807, 2.05) is 13.0 Å². The molecular formula is C23H33NO3. The fourth-order valence-corrected chi connectivity index (χ4v) is 7.45. The van der Waals surface area contributed by atoms with E-state index >= 15 is 0 Å². The first-order chi connectivity index (χ1) is 12.8. The van der Waals surface area contributed by atoms with Crippen molar-refractivity contribution in [2.75, 3.05) is 0 Å². The third kappa shape index (κ3) is 2.91. The Kier molecular flexibility index (Phi) is 4.59. The highest BCUT2D eigenvalue weighted by atomic mass is 16.7. The summed E-state index contributed by atoms with van der Waals surface area (Å²) in [7, 11) is 0. The van der Waals surface area contributed by atoms with Gasteiger partial charge in [-0.15, -0.1) is 0 Å². The molecule has 3 fully saturated rings. The van der Waals surface area contributed by atoms with Gasteiger partial charge in [0.1, 0.15) is 0 Å². The fourth-order valence-electron chi connectivity index (χ4n) is 7.45. The quantitative estimate of drug-likeness (QED) is 0.387. The normalized spacial score (nSPS) is 44.1. The highest BCUT2D eigenvalue weighted by molar-refractivity contribution is 5.91. The Morgan fingerprint density at radius 2 is 1.85 bits per heavy atom. The summed E-state index contributed by atoms with van der Waals surface area (Å²) < 4.78 is 0. The molecule has 0 heterocycles. The molecule has 6 unspecified atom stereocenters. The summed E-state index contributed by atoms with van der Waals surface area (Å²) >= 11 is 0. The second kappa shape index (κ2) is 6.56. The van der Waals surface area contributed by atoms with Crippen LogP contribution < -0.4 is 0 Å². The smallest absolute Gasteiger partial charge is 0.319 e. The van der Waals surface area contributed by atoms with Gasteiger partial charge in [-0.1, -0.05) is 24.6 Å². The molecule has 4 aliphatic carbocycles. The van der Waals surface area contributed by atoms with Crippen molar-refractivity contribution in [1.29, 1.82) is 0 Å². The number of carbonyl (C=O) groups is 2. The summed E-state index contributed by atoms with van der Waals surface area (Å²) in [4.78, 5) is 28.1. The van der Waals surface area contributed by atoms with Crippen molar-refractivity contribution in [2.24, 2.45) is 39.7 Å². The van der Waals surface area contributed by atoms with Crippen LogP contribution in [0.1, 0.15) is 79.1 Å². The Morgan fingerprint density at radius 1 is 1.07 bits per heavy atom. The molecule has 0 amide bonds. The van der Waals surface area contributed by atoms with Crippen molar-refractivity contribution in [3.05, 3.63) is 11.6 Å². The number of carbonyl (C=O) groups excluding carboxylic acids is 2. The molecule has 4 heteroatoms. The standard InChI is InChI=1S/C23H33NO3/c1-14(24-27-15(2)25)19-7-8-20-18-6-5-16-13-17(26)9-11-22(16,3)21(18)10-12-23(19,20)4/h13,18-21H,5-12H2,1-4H3/b24-14+. The van der Waals surface area contributed by atoms with E-state index in [4.69, 9.17) is 4.84 Å². The van der Waals surface area contributed by atoms with E-state index in [0.717, 1.165) is 43.2 Å². The van der Waals surface area contributed by atoms with Gasteiger partial charge in [-0.05, 0) is 86.5 Å². The molecule has 0 radical (unpaired) electrons. The van der Waals surface area contributed by atoms with Crippen molar-refractivity contribution in [2.45, 2.75) is 79.1 Å². The molecule has 4 rings (SSSR count). The highest BCUT2D eigenvalue weighted by Gasteiger charge is 2.59. The van der Waals surface area contributed by atoms with E-state index in [0.29, 0.717) is 17.6 Å². The van der Waals surface area contributed by atoms with Gasteiger partial charge in [0.05, 0.1) is 5.71 Å².